The van der Waals surface area contributed by atoms with Gasteiger partial charge < -0.3 is 9.64 Å². The molecule has 34 heavy (non-hydrogen) atoms. The standard InChI is InChI=1S/C25H22FN3O4S/c1-15-20(5-8-23(24(15)26)34(2,31)32)25(30)29-9-10-33-22-7-4-17(12-19(22)14-29)16-3-6-21-18(11-16)13-27-28-21/h3-8,11-13H,9-10,14H2,1-2H3,(H,27,28). The molecule has 0 unspecified atom stereocenters. The van der Waals surface area contributed by atoms with Crippen LogP contribution >= 0.6 is 0 Å². The molecule has 1 N–H and O–H groups in total. The Labute approximate surface area is 196 Å². The summed E-state index contributed by atoms with van der Waals surface area (Å²) in [5.74, 6) is -0.575. The summed E-state index contributed by atoms with van der Waals surface area (Å²) in [5, 5.41) is 7.99. The third kappa shape index (κ3) is 3.92. The lowest BCUT2D eigenvalue weighted by atomic mass is 10.0. The van der Waals surface area contributed by atoms with Crippen molar-refractivity contribution in [2.75, 3.05) is 19.4 Å². The molecular formula is C25H22FN3O4S. The number of nitrogens with zero attached hydrogens (tertiary/aromatic N) is 2. The van der Waals surface area contributed by atoms with Crippen LogP contribution in [0, 0.1) is 12.7 Å². The van der Waals surface area contributed by atoms with Crippen molar-refractivity contribution in [3.63, 3.8) is 0 Å². The summed E-state index contributed by atoms with van der Waals surface area (Å²) in [5.41, 5.74) is 3.91. The van der Waals surface area contributed by atoms with Gasteiger partial charge in [-0.3, -0.25) is 9.89 Å². The first kappa shape index (κ1) is 22.1. The van der Waals surface area contributed by atoms with Gasteiger partial charge in [0.05, 0.1) is 18.3 Å². The highest BCUT2D eigenvalue weighted by molar-refractivity contribution is 7.90. The zero-order valence-corrected chi connectivity index (χ0v) is 19.4. The number of aromatic nitrogens is 2. The number of H-pyrrole nitrogens is 1. The second-order valence-electron chi connectivity index (χ2n) is 8.39. The van der Waals surface area contributed by atoms with E-state index in [2.05, 4.69) is 10.2 Å². The van der Waals surface area contributed by atoms with E-state index in [4.69, 9.17) is 4.74 Å². The van der Waals surface area contributed by atoms with Crippen LogP contribution in [0.5, 0.6) is 5.75 Å². The smallest absolute Gasteiger partial charge is 0.254 e. The van der Waals surface area contributed by atoms with Gasteiger partial charge >= 0.3 is 0 Å². The minimum atomic E-state index is -3.74. The summed E-state index contributed by atoms with van der Waals surface area (Å²) in [7, 11) is -3.74. The number of hydrogen-bond acceptors (Lipinski definition) is 5. The number of halogens is 1. The van der Waals surface area contributed by atoms with Gasteiger partial charge in [-0.05, 0) is 60.0 Å². The van der Waals surface area contributed by atoms with Crippen LogP contribution in [0.15, 0.2) is 59.6 Å². The van der Waals surface area contributed by atoms with E-state index in [0.29, 0.717) is 18.9 Å². The van der Waals surface area contributed by atoms with Crippen LogP contribution in [0.2, 0.25) is 0 Å². The van der Waals surface area contributed by atoms with E-state index in [0.717, 1.165) is 39.9 Å². The van der Waals surface area contributed by atoms with Gasteiger partial charge in [-0.2, -0.15) is 5.10 Å². The summed E-state index contributed by atoms with van der Waals surface area (Å²) in [6, 6.07) is 14.4. The lowest BCUT2D eigenvalue weighted by Crippen LogP contribution is -2.33. The number of aromatic amines is 1. The van der Waals surface area contributed by atoms with Crippen LogP contribution in [-0.4, -0.2) is 48.8 Å². The molecule has 1 amide bonds. The van der Waals surface area contributed by atoms with Gasteiger partial charge in [-0.15, -0.1) is 0 Å². The van der Waals surface area contributed by atoms with E-state index in [1.54, 1.807) is 11.1 Å². The molecule has 3 aromatic carbocycles. The number of amides is 1. The number of nitrogens with one attached hydrogen (secondary N) is 1. The highest BCUT2D eigenvalue weighted by Crippen LogP contribution is 2.31. The lowest BCUT2D eigenvalue weighted by molar-refractivity contribution is 0.0731. The quantitative estimate of drug-likeness (QED) is 0.477. The molecule has 9 heteroatoms. The Morgan fingerprint density at radius 1 is 1.12 bits per heavy atom. The number of benzene rings is 3. The van der Waals surface area contributed by atoms with Crippen molar-refractivity contribution in [1.29, 1.82) is 0 Å². The average molecular weight is 480 g/mol. The van der Waals surface area contributed by atoms with Crippen molar-refractivity contribution < 1.29 is 22.3 Å². The topological polar surface area (TPSA) is 92.4 Å². The third-order valence-electron chi connectivity index (χ3n) is 6.08. The number of hydrogen-bond donors (Lipinski definition) is 1. The lowest BCUT2D eigenvalue weighted by Gasteiger charge is -2.21. The molecule has 0 saturated carbocycles. The van der Waals surface area contributed by atoms with Crippen LogP contribution < -0.4 is 4.74 Å². The number of fused-ring (bicyclic) bond motifs is 2. The van der Waals surface area contributed by atoms with Crippen LogP contribution in [-0.2, 0) is 16.4 Å². The van der Waals surface area contributed by atoms with Crippen molar-refractivity contribution in [2.45, 2.75) is 18.4 Å². The highest BCUT2D eigenvalue weighted by atomic mass is 32.2. The van der Waals surface area contributed by atoms with Crippen LogP contribution in [0.4, 0.5) is 4.39 Å². The van der Waals surface area contributed by atoms with E-state index in [9.17, 15) is 17.6 Å². The molecule has 4 aromatic rings. The molecule has 1 aliphatic heterocycles. The Bertz CT molecular complexity index is 1550. The molecule has 0 radical (unpaired) electrons. The SMILES string of the molecule is Cc1c(C(=O)N2CCOc3ccc(-c4ccc5[nH]ncc5c4)cc3C2)ccc(S(C)(=O)=O)c1F. The van der Waals surface area contributed by atoms with Crippen LogP contribution in [0.3, 0.4) is 0 Å². The minimum Gasteiger partial charge on any atom is -0.491 e. The van der Waals surface area contributed by atoms with Crippen molar-refractivity contribution in [3.05, 3.63) is 77.2 Å². The molecule has 0 fully saturated rings. The Morgan fingerprint density at radius 3 is 2.68 bits per heavy atom. The fourth-order valence-corrected chi connectivity index (χ4v) is 5.01. The fourth-order valence-electron chi connectivity index (χ4n) is 4.22. The second-order valence-corrected chi connectivity index (χ2v) is 10.4. The van der Waals surface area contributed by atoms with Gasteiger partial charge in [-0.25, -0.2) is 12.8 Å². The molecule has 0 aliphatic carbocycles. The van der Waals surface area contributed by atoms with E-state index < -0.39 is 20.5 Å². The molecule has 7 nitrogen and oxygen atoms in total. The van der Waals surface area contributed by atoms with E-state index in [-0.39, 0.29) is 23.6 Å². The predicted octanol–water partition coefficient (Wildman–Crippen LogP) is 4.12. The van der Waals surface area contributed by atoms with Gasteiger partial charge in [0.15, 0.2) is 9.84 Å². The molecule has 0 bridgehead atoms. The minimum absolute atomic E-state index is 0.0143. The van der Waals surface area contributed by atoms with Gasteiger partial charge in [0.25, 0.3) is 5.91 Å². The number of sulfone groups is 1. The van der Waals surface area contributed by atoms with Gasteiger partial charge in [0.1, 0.15) is 23.1 Å². The van der Waals surface area contributed by atoms with Crippen LogP contribution in [0.25, 0.3) is 22.0 Å². The Hall–Kier alpha value is -3.72. The predicted molar refractivity (Wildman–Crippen MR) is 126 cm³/mol. The molecule has 174 valence electrons. The largest absolute Gasteiger partial charge is 0.491 e. The van der Waals surface area contributed by atoms with E-state index >= 15 is 0 Å². The Kier molecular flexibility index (Phi) is 5.36. The first-order valence-electron chi connectivity index (χ1n) is 10.7. The molecule has 1 aliphatic rings. The molecule has 0 saturated heterocycles. The van der Waals surface area contributed by atoms with E-state index in [1.165, 1.54) is 13.0 Å². The summed E-state index contributed by atoms with van der Waals surface area (Å²) < 4.78 is 44.3. The van der Waals surface area contributed by atoms with Gasteiger partial charge in [0.2, 0.25) is 0 Å². The van der Waals surface area contributed by atoms with E-state index in [1.807, 2.05) is 36.4 Å². The summed E-state index contributed by atoms with van der Waals surface area (Å²) in [6.45, 7) is 2.31. The molecule has 5 rings (SSSR count). The molecule has 2 heterocycles. The maximum absolute atomic E-state index is 14.8. The number of ether oxygens (including phenoxy) is 1. The van der Waals surface area contributed by atoms with Gasteiger partial charge in [-0.1, -0.05) is 12.1 Å². The number of rotatable bonds is 3. The summed E-state index contributed by atoms with van der Waals surface area (Å²) in [6.07, 6.45) is 2.71. The molecular weight excluding hydrogens is 457 g/mol. The van der Waals surface area contributed by atoms with Crippen molar-refractivity contribution in [1.82, 2.24) is 15.1 Å². The zero-order valence-electron chi connectivity index (χ0n) is 18.6. The monoisotopic (exact) mass is 479 g/mol. The van der Waals surface area contributed by atoms with Crippen molar-refractivity contribution >= 4 is 26.6 Å². The molecule has 0 spiro atoms. The summed E-state index contributed by atoms with van der Waals surface area (Å²) >= 11 is 0. The second kappa shape index (κ2) is 8.25. The maximum atomic E-state index is 14.8. The van der Waals surface area contributed by atoms with Gasteiger partial charge in [0, 0.05) is 29.3 Å². The first-order chi connectivity index (χ1) is 16.2. The number of carbonyl (C=O) groups excluding carboxylic acids is 1. The molecule has 1 aromatic heterocycles. The Morgan fingerprint density at radius 2 is 1.88 bits per heavy atom. The van der Waals surface area contributed by atoms with Crippen LogP contribution in [0.1, 0.15) is 21.5 Å². The average Bonchev–Trinajstić information content (AvgIpc) is 3.17. The Balaban J connectivity index is 1.47. The fraction of sp³-hybridized carbons (Fsp3) is 0.200. The zero-order chi connectivity index (χ0) is 24.0. The first-order valence-corrected chi connectivity index (χ1v) is 12.6. The normalized spacial score (nSPS) is 13.9. The number of carbonyl (C=O) groups is 1. The third-order valence-corrected chi connectivity index (χ3v) is 7.20. The molecule has 0 atom stereocenters. The maximum Gasteiger partial charge on any atom is 0.254 e. The summed E-state index contributed by atoms with van der Waals surface area (Å²) in [4.78, 5) is 14.5. The highest BCUT2D eigenvalue weighted by Gasteiger charge is 2.26. The van der Waals surface area contributed by atoms with Crippen molar-refractivity contribution in [2.24, 2.45) is 0 Å². The van der Waals surface area contributed by atoms with Crippen molar-refractivity contribution in [3.8, 4) is 16.9 Å².